The number of methoxy groups -OCH3 is 1. The predicted molar refractivity (Wildman–Crippen MR) is 123 cm³/mol. The van der Waals surface area contributed by atoms with E-state index in [1.165, 1.54) is 25.5 Å². The average Bonchev–Trinajstić information content (AvgIpc) is 2.83. The summed E-state index contributed by atoms with van der Waals surface area (Å²) in [5.41, 5.74) is 4.40. The number of halogens is 2. The molecule has 9 heteroatoms. The lowest BCUT2D eigenvalue weighted by atomic mass is 10.2. The molecule has 7 nitrogen and oxygen atoms in total. The fourth-order valence-corrected chi connectivity index (χ4v) is 2.83. The highest BCUT2D eigenvalue weighted by Gasteiger charge is 2.12. The fourth-order valence-electron chi connectivity index (χ4n) is 2.71. The number of carbonyl (C=O) groups is 2. The van der Waals surface area contributed by atoms with Gasteiger partial charge in [0.05, 0.1) is 13.3 Å². The molecule has 0 aromatic heterocycles. The Bertz CT molecular complexity index is 1140. The summed E-state index contributed by atoms with van der Waals surface area (Å²) >= 11 is 5.81. The highest BCUT2D eigenvalue weighted by atomic mass is 35.5. The Morgan fingerprint density at radius 1 is 0.970 bits per heavy atom. The SMILES string of the molecule is COc1cc(/C=N\NC(=O)C(=O)NCc2ccc(Cl)cc2)ccc1OCc1ccc(F)cc1. The Labute approximate surface area is 195 Å². The third kappa shape index (κ3) is 7.33. The molecule has 170 valence electrons. The smallest absolute Gasteiger partial charge is 0.329 e. The van der Waals surface area contributed by atoms with E-state index >= 15 is 0 Å². The van der Waals surface area contributed by atoms with E-state index in [9.17, 15) is 14.0 Å². The molecule has 0 aliphatic carbocycles. The zero-order valence-corrected chi connectivity index (χ0v) is 18.4. The monoisotopic (exact) mass is 469 g/mol. The van der Waals surface area contributed by atoms with Crippen LogP contribution in [0.1, 0.15) is 16.7 Å². The van der Waals surface area contributed by atoms with Crippen molar-refractivity contribution in [3.63, 3.8) is 0 Å². The molecule has 3 aromatic carbocycles. The highest BCUT2D eigenvalue weighted by molar-refractivity contribution is 6.35. The number of nitrogens with zero attached hydrogens (tertiary/aromatic N) is 1. The van der Waals surface area contributed by atoms with Crippen molar-refractivity contribution in [1.29, 1.82) is 0 Å². The standard InChI is InChI=1S/C24H21ClFN3O4/c1-32-22-12-18(6-11-21(22)33-15-17-4-9-20(26)10-5-17)14-28-29-24(31)23(30)27-13-16-2-7-19(25)8-3-16/h2-12,14H,13,15H2,1H3,(H,27,30)(H,29,31)/b28-14-. The summed E-state index contributed by atoms with van der Waals surface area (Å²) in [4.78, 5) is 23.8. The first kappa shape index (κ1) is 23.7. The molecule has 0 unspecified atom stereocenters. The van der Waals surface area contributed by atoms with Crippen LogP contribution in [0.5, 0.6) is 11.5 Å². The van der Waals surface area contributed by atoms with Crippen molar-refractivity contribution < 1.29 is 23.5 Å². The van der Waals surface area contributed by atoms with Gasteiger partial charge in [0.25, 0.3) is 0 Å². The van der Waals surface area contributed by atoms with Gasteiger partial charge in [-0.25, -0.2) is 9.82 Å². The molecule has 2 N–H and O–H groups in total. The molecule has 0 spiro atoms. The minimum Gasteiger partial charge on any atom is -0.493 e. The van der Waals surface area contributed by atoms with Crippen LogP contribution in [-0.2, 0) is 22.7 Å². The van der Waals surface area contributed by atoms with E-state index in [1.54, 1.807) is 54.6 Å². The van der Waals surface area contributed by atoms with Gasteiger partial charge in [0.1, 0.15) is 12.4 Å². The van der Waals surface area contributed by atoms with Crippen LogP contribution in [0.25, 0.3) is 0 Å². The Morgan fingerprint density at radius 3 is 2.36 bits per heavy atom. The summed E-state index contributed by atoms with van der Waals surface area (Å²) < 4.78 is 24.1. The molecular weight excluding hydrogens is 449 g/mol. The summed E-state index contributed by atoms with van der Waals surface area (Å²) in [6.07, 6.45) is 1.37. The molecule has 0 atom stereocenters. The lowest BCUT2D eigenvalue weighted by Gasteiger charge is -2.11. The lowest BCUT2D eigenvalue weighted by Crippen LogP contribution is -2.37. The number of ether oxygens (including phenoxy) is 2. The number of rotatable bonds is 8. The van der Waals surface area contributed by atoms with Crippen molar-refractivity contribution in [1.82, 2.24) is 10.7 Å². The Hall–Kier alpha value is -3.91. The lowest BCUT2D eigenvalue weighted by molar-refractivity contribution is -0.139. The molecule has 0 fully saturated rings. The van der Waals surface area contributed by atoms with Gasteiger partial charge in [0.15, 0.2) is 11.5 Å². The van der Waals surface area contributed by atoms with E-state index in [0.29, 0.717) is 22.1 Å². The van der Waals surface area contributed by atoms with Crippen LogP contribution in [0.15, 0.2) is 71.8 Å². The third-order valence-corrected chi connectivity index (χ3v) is 4.70. The number of hydrazone groups is 1. The summed E-state index contributed by atoms with van der Waals surface area (Å²) in [5, 5.41) is 6.88. The van der Waals surface area contributed by atoms with E-state index < -0.39 is 11.8 Å². The fraction of sp³-hybridized carbons (Fsp3) is 0.125. The molecule has 3 rings (SSSR count). The van der Waals surface area contributed by atoms with Crippen molar-refractivity contribution in [2.24, 2.45) is 5.10 Å². The third-order valence-electron chi connectivity index (χ3n) is 4.45. The summed E-state index contributed by atoms with van der Waals surface area (Å²) in [6, 6.07) is 17.9. The van der Waals surface area contributed by atoms with E-state index in [4.69, 9.17) is 21.1 Å². The Balaban J connectivity index is 1.51. The average molecular weight is 470 g/mol. The highest BCUT2D eigenvalue weighted by Crippen LogP contribution is 2.28. The van der Waals surface area contributed by atoms with E-state index in [0.717, 1.165) is 11.1 Å². The van der Waals surface area contributed by atoms with Crippen LogP contribution in [0.4, 0.5) is 4.39 Å². The van der Waals surface area contributed by atoms with Crippen LogP contribution in [0.2, 0.25) is 5.02 Å². The first-order valence-electron chi connectivity index (χ1n) is 9.85. The molecular formula is C24H21ClFN3O4. The van der Waals surface area contributed by atoms with Gasteiger partial charge in [-0.3, -0.25) is 9.59 Å². The van der Waals surface area contributed by atoms with Crippen LogP contribution < -0.4 is 20.2 Å². The second-order valence-corrected chi connectivity index (χ2v) is 7.27. The minimum absolute atomic E-state index is 0.184. The van der Waals surface area contributed by atoms with Crippen molar-refractivity contribution in [3.8, 4) is 11.5 Å². The first-order valence-corrected chi connectivity index (χ1v) is 10.2. The molecule has 0 radical (unpaired) electrons. The molecule has 2 amide bonds. The van der Waals surface area contributed by atoms with E-state index in [1.807, 2.05) is 0 Å². The quantitative estimate of drug-likeness (QED) is 0.298. The predicted octanol–water partition coefficient (Wildman–Crippen LogP) is 3.83. The maximum atomic E-state index is 13.0. The van der Waals surface area contributed by atoms with Crippen molar-refractivity contribution in [3.05, 3.63) is 94.3 Å². The molecule has 0 bridgehead atoms. The van der Waals surface area contributed by atoms with Crippen molar-refractivity contribution in [2.45, 2.75) is 13.2 Å². The van der Waals surface area contributed by atoms with Crippen LogP contribution >= 0.6 is 11.6 Å². The molecule has 0 heterocycles. The normalized spacial score (nSPS) is 10.6. The van der Waals surface area contributed by atoms with Crippen molar-refractivity contribution in [2.75, 3.05) is 7.11 Å². The maximum Gasteiger partial charge on any atom is 0.329 e. The van der Waals surface area contributed by atoms with Crippen LogP contribution in [0.3, 0.4) is 0 Å². The molecule has 0 aliphatic heterocycles. The zero-order chi connectivity index (χ0) is 23.6. The number of amides is 2. The van der Waals surface area contributed by atoms with Gasteiger partial charge < -0.3 is 14.8 Å². The minimum atomic E-state index is -0.897. The first-order chi connectivity index (χ1) is 15.9. The van der Waals surface area contributed by atoms with E-state index in [-0.39, 0.29) is 19.0 Å². The number of hydrogen-bond donors (Lipinski definition) is 2. The van der Waals surface area contributed by atoms with Gasteiger partial charge in [0.2, 0.25) is 0 Å². The van der Waals surface area contributed by atoms with Gasteiger partial charge in [-0.1, -0.05) is 35.9 Å². The van der Waals surface area contributed by atoms with Crippen LogP contribution in [0, 0.1) is 5.82 Å². The topological polar surface area (TPSA) is 89.0 Å². The van der Waals surface area contributed by atoms with Crippen molar-refractivity contribution >= 4 is 29.6 Å². The molecule has 3 aromatic rings. The summed E-state index contributed by atoms with van der Waals surface area (Å²) in [7, 11) is 1.49. The molecule has 0 saturated carbocycles. The molecule has 0 saturated heterocycles. The summed E-state index contributed by atoms with van der Waals surface area (Å²) in [5.74, 6) is -1.08. The second-order valence-electron chi connectivity index (χ2n) is 6.83. The summed E-state index contributed by atoms with van der Waals surface area (Å²) in [6.45, 7) is 0.426. The van der Waals surface area contributed by atoms with Gasteiger partial charge in [-0.15, -0.1) is 0 Å². The number of nitrogens with one attached hydrogen (secondary N) is 2. The van der Waals surface area contributed by atoms with Gasteiger partial charge >= 0.3 is 11.8 Å². The zero-order valence-electron chi connectivity index (χ0n) is 17.7. The largest absolute Gasteiger partial charge is 0.493 e. The number of hydrogen-bond acceptors (Lipinski definition) is 5. The van der Waals surface area contributed by atoms with Gasteiger partial charge in [-0.05, 0) is 59.2 Å². The molecule has 33 heavy (non-hydrogen) atoms. The van der Waals surface area contributed by atoms with Crippen LogP contribution in [-0.4, -0.2) is 25.1 Å². The number of carbonyl (C=O) groups excluding carboxylic acids is 2. The maximum absolute atomic E-state index is 13.0. The van der Waals surface area contributed by atoms with Gasteiger partial charge in [-0.2, -0.15) is 5.10 Å². The molecule has 0 aliphatic rings. The number of benzene rings is 3. The Morgan fingerprint density at radius 2 is 1.67 bits per heavy atom. The Kier molecular flexibility index (Phi) is 8.37. The van der Waals surface area contributed by atoms with Gasteiger partial charge in [0, 0.05) is 11.6 Å². The second kappa shape index (κ2) is 11.6. The van der Waals surface area contributed by atoms with E-state index in [2.05, 4.69) is 15.8 Å².